The van der Waals surface area contributed by atoms with Gasteiger partial charge in [0.1, 0.15) is 0 Å². The molecule has 0 saturated heterocycles. The molecule has 1 aromatic heterocycles. The second kappa shape index (κ2) is 5.39. The number of aromatic nitrogens is 1. The highest BCUT2D eigenvalue weighted by atomic mass is 127. The highest BCUT2D eigenvalue weighted by Gasteiger charge is 1.95. The molecule has 0 atom stereocenters. The van der Waals surface area contributed by atoms with Gasteiger partial charge in [-0.3, -0.25) is 4.79 Å². The Hall–Kier alpha value is -0.360. The third-order valence-corrected chi connectivity index (χ3v) is 2.27. The molecule has 0 unspecified atom stereocenters. The number of hydrogen-bond donors (Lipinski definition) is 0. The van der Waals surface area contributed by atoms with Crippen LogP contribution in [-0.2, 0) is 11.3 Å². The lowest BCUT2D eigenvalue weighted by atomic mass is 10.4. The van der Waals surface area contributed by atoms with Gasteiger partial charge in [0, 0.05) is 29.0 Å². The number of nitrogens with zero attached hydrogens (tertiary/aromatic N) is 1. The Morgan fingerprint density at radius 3 is 3.00 bits per heavy atom. The highest BCUT2D eigenvalue weighted by Crippen LogP contribution is 1.99. The van der Waals surface area contributed by atoms with E-state index in [1.807, 2.05) is 13.1 Å². The summed E-state index contributed by atoms with van der Waals surface area (Å²) in [7, 11) is 0. The van der Waals surface area contributed by atoms with Crippen molar-refractivity contribution in [3.63, 3.8) is 0 Å². The van der Waals surface area contributed by atoms with E-state index in [-0.39, 0.29) is 5.56 Å². The van der Waals surface area contributed by atoms with Gasteiger partial charge < -0.3 is 9.30 Å². The maximum absolute atomic E-state index is 11.3. The SMILES string of the molecule is CCOCCn1cc(I)ccc1=O. The van der Waals surface area contributed by atoms with E-state index in [0.29, 0.717) is 19.8 Å². The van der Waals surface area contributed by atoms with E-state index in [1.165, 1.54) is 0 Å². The first-order chi connectivity index (χ1) is 6.24. The van der Waals surface area contributed by atoms with Crippen LogP contribution in [0.3, 0.4) is 0 Å². The topological polar surface area (TPSA) is 31.2 Å². The van der Waals surface area contributed by atoms with E-state index in [0.717, 1.165) is 3.57 Å². The van der Waals surface area contributed by atoms with Crippen molar-refractivity contribution in [2.75, 3.05) is 13.2 Å². The van der Waals surface area contributed by atoms with Crippen molar-refractivity contribution < 1.29 is 4.74 Å². The predicted octanol–water partition coefficient (Wildman–Crippen LogP) is 1.49. The molecular weight excluding hydrogens is 281 g/mol. The average molecular weight is 293 g/mol. The van der Waals surface area contributed by atoms with Crippen LogP contribution >= 0.6 is 22.6 Å². The van der Waals surface area contributed by atoms with Crippen LogP contribution in [0.5, 0.6) is 0 Å². The fourth-order valence-corrected chi connectivity index (χ4v) is 1.50. The minimum atomic E-state index is 0.0279. The van der Waals surface area contributed by atoms with Crippen molar-refractivity contribution in [1.29, 1.82) is 0 Å². The molecule has 0 fully saturated rings. The van der Waals surface area contributed by atoms with Crippen molar-refractivity contribution in [2.24, 2.45) is 0 Å². The second-order valence-electron chi connectivity index (χ2n) is 2.58. The maximum atomic E-state index is 11.3. The molecule has 0 aliphatic rings. The standard InChI is InChI=1S/C9H12INO2/c1-2-13-6-5-11-7-8(10)3-4-9(11)12/h3-4,7H,2,5-6H2,1H3. The fraction of sp³-hybridized carbons (Fsp3) is 0.444. The zero-order valence-electron chi connectivity index (χ0n) is 7.50. The number of ether oxygens (including phenoxy) is 1. The molecule has 0 N–H and O–H groups in total. The van der Waals surface area contributed by atoms with E-state index < -0.39 is 0 Å². The molecule has 1 aromatic rings. The van der Waals surface area contributed by atoms with E-state index in [2.05, 4.69) is 22.6 Å². The molecule has 0 radical (unpaired) electrons. The largest absolute Gasteiger partial charge is 0.380 e. The van der Waals surface area contributed by atoms with Crippen LogP contribution in [0.4, 0.5) is 0 Å². The first-order valence-corrected chi connectivity index (χ1v) is 5.25. The molecule has 0 aromatic carbocycles. The fourth-order valence-electron chi connectivity index (χ4n) is 0.984. The van der Waals surface area contributed by atoms with Gasteiger partial charge in [-0.15, -0.1) is 0 Å². The van der Waals surface area contributed by atoms with E-state index >= 15 is 0 Å². The van der Waals surface area contributed by atoms with Crippen LogP contribution in [-0.4, -0.2) is 17.8 Å². The van der Waals surface area contributed by atoms with Crippen LogP contribution in [0.15, 0.2) is 23.1 Å². The summed E-state index contributed by atoms with van der Waals surface area (Å²) in [4.78, 5) is 11.3. The molecule has 0 bridgehead atoms. The number of pyridine rings is 1. The first-order valence-electron chi connectivity index (χ1n) is 4.17. The molecule has 0 spiro atoms. The van der Waals surface area contributed by atoms with Crippen LogP contribution < -0.4 is 5.56 Å². The van der Waals surface area contributed by atoms with E-state index in [9.17, 15) is 4.79 Å². The summed E-state index contributed by atoms with van der Waals surface area (Å²) in [5, 5.41) is 0. The van der Waals surface area contributed by atoms with Crippen molar-refractivity contribution in [1.82, 2.24) is 4.57 Å². The predicted molar refractivity (Wildman–Crippen MR) is 59.9 cm³/mol. The van der Waals surface area contributed by atoms with Gasteiger partial charge in [0.25, 0.3) is 5.56 Å². The maximum Gasteiger partial charge on any atom is 0.250 e. The summed E-state index contributed by atoms with van der Waals surface area (Å²) in [6.45, 7) is 3.86. The molecule has 0 saturated carbocycles. The Balaban J connectivity index is 2.65. The molecule has 0 amide bonds. The first kappa shape index (κ1) is 10.7. The summed E-state index contributed by atoms with van der Waals surface area (Å²) in [5.74, 6) is 0. The smallest absolute Gasteiger partial charge is 0.250 e. The summed E-state index contributed by atoms with van der Waals surface area (Å²) in [6.07, 6.45) is 1.84. The minimum absolute atomic E-state index is 0.0279. The summed E-state index contributed by atoms with van der Waals surface area (Å²) in [6, 6.07) is 3.38. The van der Waals surface area contributed by atoms with Crippen LogP contribution in [0.2, 0.25) is 0 Å². The summed E-state index contributed by atoms with van der Waals surface area (Å²) < 4.78 is 7.90. The lowest BCUT2D eigenvalue weighted by molar-refractivity contribution is 0.138. The van der Waals surface area contributed by atoms with Gasteiger partial charge in [-0.2, -0.15) is 0 Å². The molecule has 13 heavy (non-hydrogen) atoms. The molecule has 3 nitrogen and oxygen atoms in total. The summed E-state index contributed by atoms with van der Waals surface area (Å²) >= 11 is 2.18. The Kier molecular flexibility index (Phi) is 4.44. The van der Waals surface area contributed by atoms with Crippen molar-refractivity contribution in [2.45, 2.75) is 13.5 Å². The molecular formula is C9H12INO2. The van der Waals surface area contributed by atoms with Gasteiger partial charge in [-0.25, -0.2) is 0 Å². The third-order valence-electron chi connectivity index (χ3n) is 1.63. The Morgan fingerprint density at radius 1 is 1.54 bits per heavy atom. The van der Waals surface area contributed by atoms with Crippen LogP contribution in [0.1, 0.15) is 6.92 Å². The molecule has 4 heteroatoms. The monoisotopic (exact) mass is 293 g/mol. The zero-order chi connectivity index (χ0) is 9.68. The molecule has 1 heterocycles. The Morgan fingerprint density at radius 2 is 2.31 bits per heavy atom. The second-order valence-corrected chi connectivity index (χ2v) is 3.82. The Labute approximate surface area is 90.9 Å². The van der Waals surface area contributed by atoms with E-state index in [4.69, 9.17) is 4.74 Å². The van der Waals surface area contributed by atoms with Gasteiger partial charge in [0.15, 0.2) is 0 Å². The molecule has 0 aliphatic heterocycles. The van der Waals surface area contributed by atoms with Gasteiger partial charge >= 0.3 is 0 Å². The molecule has 72 valence electrons. The number of hydrogen-bond acceptors (Lipinski definition) is 2. The van der Waals surface area contributed by atoms with Crippen molar-refractivity contribution >= 4 is 22.6 Å². The van der Waals surface area contributed by atoms with Gasteiger partial charge in [0.2, 0.25) is 0 Å². The molecule has 0 aliphatic carbocycles. The number of halogens is 1. The van der Waals surface area contributed by atoms with Gasteiger partial charge in [0.05, 0.1) is 6.61 Å². The van der Waals surface area contributed by atoms with Crippen molar-refractivity contribution in [3.05, 3.63) is 32.3 Å². The normalized spacial score (nSPS) is 10.3. The van der Waals surface area contributed by atoms with Crippen LogP contribution in [0.25, 0.3) is 0 Å². The average Bonchev–Trinajstić information content (AvgIpc) is 2.11. The Bertz CT molecular complexity index is 322. The quantitative estimate of drug-likeness (QED) is 0.622. The minimum Gasteiger partial charge on any atom is -0.380 e. The van der Waals surface area contributed by atoms with E-state index in [1.54, 1.807) is 16.7 Å². The number of rotatable bonds is 4. The third kappa shape index (κ3) is 3.48. The highest BCUT2D eigenvalue weighted by molar-refractivity contribution is 14.1. The lowest BCUT2D eigenvalue weighted by Gasteiger charge is -2.05. The van der Waals surface area contributed by atoms with Crippen LogP contribution in [0, 0.1) is 3.57 Å². The molecule has 1 rings (SSSR count). The zero-order valence-corrected chi connectivity index (χ0v) is 9.65. The van der Waals surface area contributed by atoms with Crippen molar-refractivity contribution in [3.8, 4) is 0 Å². The summed E-state index contributed by atoms with van der Waals surface area (Å²) in [5.41, 5.74) is 0.0279. The van der Waals surface area contributed by atoms with Gasteiger partial charge in [-0.05, 0) is 35.6 Å². The van der Waals surface area contributed by atoms with Gasteiger partial charge in [-0.1, -0.05) is 0 Å². The lowest BCUT2D eigenvalue weighted by Crippen LogP contribution is -2.21.